The Morgan fingerprint density at radius 1 is 1.77 bits per heavy atom. The van der Waals surface area contributed by atoms with Gasteiger partial charge in [0.05, 0.1) is 26.3 Å². The second kappa shape index (κ2) is 5.57. The molecular weight excluding hydrogens is 170 g/mol. The van der Waals surface area contributed by atoms with E-state index in [-0.39, 0.29) is 18.6 Å². The molecule has 72 valence electrons. The monoisotopic (exact) mass is 183 g/mol. The van der Waals surface area contributed by atoms with Crippen molar-refractivity contribution >= 4 is 5.97 Å². The number of terminal acetylenes is 1. The number of esters is 1. The molecule has 1 aliphatic heterocycles. The third-order valence-corrected chi connectivity index (χ3v) is 1.68. The van der Waals surface area contributed by atoms with Crippen molar-refractivity contribution < 1.29 is 14.3 Å². The lowest BCUT2D eigenvalue weighted by molar-refractivity contribution is -0.147. The maximum atomic E-state index is 11.1. The molecule has 0 aromatic carbocycles. The number of carbonyl (C=O) groups is 1. The molecule has 0 bridgehead atoms. The molecule has 0 saturated carbocycles. The number of rotatable bonds is 4. The fourth-order valence-corrected chi connectivity index (χ4v) is 1.07. The number of carbonyl (C=O) groups excluding carboxylic acids is 1. The summed E-state index contributed by atoms with van der Waals surface area (Å²) in [4.78, 5) is 11.1. The summed E-state index contributed by atoms with van der Waals surface area (Å²) in [5.41, 5.74) is 0. The van der Waals surface area contributed by atoms with Gasteiger partial charge >= 0.3 is 5.97 Å². The van der Waals surface area contributed by atoms with Gasteiger partial charge in [0, 0.05) is 6.42 Å². The van der Waals surface area contributed by atoms with E-state index in [2.05, 4.69) is 11.2 Å². The van der Waals surface area contributed by atoms with Crippen LogP contribution in [0.4, 0.5) is 0 Å². The molecule has 1 atom stereocenters. The molecule has 1 fully saturated rings. The normalized spacial score (nSPS) is 21.0. The second-order valence-electron chi connectivity index (χ2n) is 2.78. The van der Waals surface area contributed by atoms with Gasteiger partial charge in [-0.2, -0.15) is 0 Å². The largest absolute Gasteiger partial charge is 0.459 e. The van der Waals surface area contributed by atoms with Gasteiger partial charge in [0.15, 0.2) is 0 Å². The van der Waals surface area contributed by atoms with Gasteiger partial charge in [0.1, 0.15) is 6.10 Å². The molecule has 1 heterocycles. The molecule has 1 rings (SSSR count). The first-order valence-electron chi connectivity index (χ1n) is 4.24. The van der Waals surface area contributed by atoms with E-state index in [0.717, 1.165) is 6.42 Å². The number of ether oxygens (including phenoxy) is 2. The minimum absolute atomic E-state index is 0.0693. The van der Waals surface area contributed by atoms with E-state index in [4.69, 9.17) is 15.9 Å². The van der Waals surface area contributed by atoms with Crippen LogP contribution in [0.5, 0.6) is 0 Å². The first-order valence-corrected chi connectivity index (χ1v) is 4.24. The maximum Gasteiger partial charge on any atom is 0.320 e. The molecule has 0 aromatic rings. The van der Waals surface area contributed by atoms with Crippen molar-refractivity contribution in [2.24, 2.45) is 0 Å². The Balaban J connectivity index is 2.07. The fraction of sp³-hybridized carbons (Fsp3) is 0.667. The van der Waals surface area contributed by atoms with E-state index < -0.39 is 0 Å². The number of nitrogens with one attached hydrogen (secondary N) is 1. The van der Waals surface area contributed by atoms with Crippen LogP contribution in [0.2, 0.25) is 0 Å². The van der Waals surface area contributed by atoms with Crippen LogP contribution in [0.3, 0.4) is 0 Å². The van der Waals surface area contributed by atoms with E-state index in [9.17, 15) is 4.79 Å². The van der Waals surface area contributed by atoms with Crippen molar-refractivity contribution in [3.05, 3.63) is 0 Å². The van der Waals surface area contributed by atoms with Crippen molar-refractivity contribution in [1.29, 1.82) is 0 Å². The van der Waals surface area contributed by atoms with Crippen LogP contribution < -0.4 is 5.32 Å². The second-order valence-corrected chi connectivity index (χ2v) is 2.78. The van der Waals surface area contributed by atoms with E-state index in [0.29, 0.717) is 19.8 Å². The molecule has 0 aromatic heterocycles. The van der Waals surface area contributed by atoms with Crippen LogP contribution in [-0.2, 0) is 14.3 Å². The molecule has 1 aliphatic rings. The zero-order valence-corrected chi connectivity index (χ0v) is 7.41. The standard InChI is InChI=1S/C9H13NO3/c1-2-4-10-6-9(11)13-8-3-5-12-7-8/h1,8,10H,3-7H2. The highest BCUT2D eigenvalue weighted by atomic mass is 16.6. The third kappa shape index (κ3) is 3.92. The minimum atomic E-state index is -0.272. The van der Waals surface area contributed by atoms with Crippen molar-refractivity contribution in [2.45, 2.75) is 12.5 Å². The van der Waals surface area contributed by atoms with Gasteiger partial charge in [-0.25, -0.2) is 0 Å². The summed E-state index contributed by atoms with van der Waals surface area (Å²) in [6.45, 7) is 1.74. The summed E-state index contributed by atoms with van der Waals surface area (Å²) >= 11 is 0. The minimum Gasteiger partial charge on any atom is -0.459 e. The topological polar surface area (TPSA) is 47.6 Å². The van der Waals surface area contributed by atoms with E-state index in [1.54, 1.807) is 0 Å². The lowest BCUT2D eigenvalue weighted by atomic mass is 10.3. The highest BCUT2D eigenvalue weighted by molar-refractivity contribution is 5.71. The van der Waals surface area contributed by atoms with E-state index in [1.807, 2.05) is 0 Å². The molecule has 4 heteroatoms. The van der Waals surface area contributed by atoms with Crippen molar-refractivity contribution in [1.82, 2.24) is 5.32 Å². The number of hydrogen-bond donors (Lipinski definition) is 1. The molecule has 0 radical (unpaired) electrons. The Labute approximate surface area is 77.6 Å². The maximum absolute atomic E-state index is 11.1. The van der Waals surface area contributed by atoms with E-state index in [1.165, 1.54) is 0 Å². The molecule has 4 nitrogen and oxygen atoms in total. The van der Waals surface area contributed by atoms with Crippen LogP contribution in [0.25, 0.3) is 0 Å². The summed E-state index contributed by atoms with van der Waals surface area (Å²) in [7, 11) is 0. The van der Waals surface area contributed by atoms with Gasteiger partial charge in [0.2, 0.25) is 0 Å². The van der Waals surface area contributed by atoms with Gasteiger partial charge in [-0.3, -0.25) is 10.1 Å². The SMILES string of the molecule is C#CCNCC(=O)OC1CCOC1. The van der Waals surface area contributed by atoms with E-state index >= 15 is 0 Å². The van der Waals surface area contributed by atoms with Crippen LogP contribution >= 0.6 is 0 Å². The summed E-state index contributed by atoms with van der Waals surface area (Å²) < 4.78 is 10.1. The predicted molar refractivity (Wildman–Crippen MR) is 47.0 cm³/mol. The van der Waals surface area contributed by atoms with Crippen molar-refractivity contribution in [3.63, 3.8) is 0 Å². The molecule has 0 aliphatic carbocycles. The van der Waals surface area contributed by atoms with Crippen molar-refractivity contribution in [2.75, 3.05) is 26.3 Å². The van der Waals surface area contributed by atoms with Gasteiger partial charge in [-0.05, 0) is 0 Å². The molecule has 1 unspecified atom stereocenters. The summed E-state index contributed by atoms with van der Waals surface area (Å²) in [6.07, 6.45) is 5.72. The molecule has 1 N–H and O–H groups in total. The van der Waals surface area contributed by atoms with Gasteiger partial charge < -0.3 is 9.47 Å². The molecule has 0 spiro atoms. The Morgan fingerprint density at radius 3 is 3.23 bits per heavy atom. The molecule has 0 amide bonds. The summed E-state index contributed by atoms with van der Waals surface area (Å²) in [5, 5.41) is 2.76. The quantitative estimate of drug-likeness (QED) is 0.364. The Kier molecular flexibility index (Phi) is 4.30. The molecule has 1 saturated heterocycles. The number of hydrogen-bond acceptors (Lipinski definition) is 4. The van der Waals surface area contributed by atoms with Gasteiger partial charge in [0.25, 0.3) is 0 Å². The van der Waals surface area contributed by atoms with Gasteiger partial charge in [-0.15, -0.1) is 6.42 Å². The molecule has 13 heavy (non-hydrogen) atoms. The highest BCUT2D eigenvalue weighted by Crippen LogP contribution is 2.07. The van der Waals surface area contributed by atoms with Crippen LogP contribution in [0.1, 0.15) is 6.42 Å². The first-order chi connectivity index (χ1) is 6.33. The summed E-state index contributed by atoms with van der Waals surface area (Å²) in [6, 6.07) is 0. The molecular formula is C9H13NO3. The average Bonchev–Trinajstić information content (AvgIpc) is 2.57. The van der Waals surface area contributed by atoms with Crippen molar-refractivity contribution in [3.8, 4) is 12.3 Å². The lowest BCUT2D eigenvalue weighted by Gasteiger charge is -2.09. The third-order valence-electron chi connectivity index (χ3n) is 1.68. The van der Waals surface area contributed by atoms with Crippen LogP contribution in [0.15, 0.2) is 0 Å². The Hall–Kier alpha value is -1.05. The highest BCUT2D eigenvalue weighted by Gasteiger charge is 2.19. The average molecular weight is 183 g/mol. The smallest absolute Gasteiger partial charge is 0.320 e. The predicted octanol–water partition coefficient (Wildman–Crippen LogP) is -0.459. The van der Waals surface area contributed by atoms with Crippen LogP contribution in [0, 0.1) is 12.3 Å². The zero-order chi connectivity index (χ0) is 9.52. The van der Waals surface area contributed by atoms with Crippen LogP contribution in [-0.4, -0.2) is 38.4 Å². The zero-order valence-electron chi connectivity index (χ0n) is 7.41. The van der Waals surface area contributed by atoms with Gasteiger partial charge in [-0.1, -0.05) is 5.92 Å². The Bertz CT molecular complexity index is 203. The first kappa shape index (κ1) is 10.0. The lowest BCUT2D eigenvalue weighted by Crippen LogP contribution is -2.28. The Morgan fingerprint density at radius 2 is 2.62 bits per heavy atom. The fourth-order valence-electron chi connectivity index (χ4n) is 1.07. The summed E-state index contributed by atoms with van der Waals surface area (Å²) in [5.74, 6) is 2.10.